The highest BCUT2D eigenvalue weighted by molar-refractivity contribution is 5.18. The van der Waals surface area contributed by atoms with Crippen molar-refractivity contribution >= 4 is 0 Å². The molecule has 0 spiro atoms. The van der Waals surface area contributed by atoms with Crippen molar-refractivity contribution in [2.45, 2.75) is 45.6 Å². The first-order chi connectivity index (χ1) is 7.27. The molecular formula is C12H21N3. The Morgan fingerprint density at radius 2 is 2.40 bits per heavy atom. The average Bonchev–Trinajstić information content (AvgIpc) is 2.65. The van der Waals surface area contributed by atoms with Gasteiger partial charge >= 0.3 is 0 Å². The van der Waals surface area contributed by atoms with Crippen LogP contribution in [0.1, 0.15) is 50.5 Å². The van der Waals surface area contributed by atoms with Crippen LogP contribution in [0, 0.1) is 5.92 Å². The molecule has 1 aromatic rings. The number of fused-ring (bicyclic) bond motifs is 1. The molecule has 1 aliphatic rings. The van der Waals surface area contributed by atoms with Crippen molar-refractivity contribution in [1.82, 2.24) is 15.3 Å². The lowest BCUT2D eigenvalue weighted by atomic mass is 9.97. The Morgan fingerprint density at radius 1 is 1.53 bits per heavy atom. The third-order valence-corrected chi connectivity index (χ3v) is 3.12. The van der Waals surface area contributed by atoms with Gasteiger partial charge in [-0.3, -0.25) is 0 Å². The van der Waals surface area contributed by atoms with Crippen molar-refractivity contribution in [2.75, 3.05) is 6.54 Å². The van der Waals surface area contributed by atoms with Gasteiger partial charge in [0.15, 0.2) is 0 Å². The monoisotopic (exact) mass is 207 g/mol. The third-order valence-electron chi connectivity index (χ3n) is 3.12. The predicted molar refractivity (Wildman–Crippen MR) is 61.7 cm³/mol. The van der Waals surface area contributed by atoms with Crippen LogP contribution in [-0.2, 0) is 6.42 Å². The predicted octanol–water partition coefficient (Wildman–Crippen LogP) is 2.42. The van der Waals surface area contributed by atoms with Gasteiger partial charge in [0.25, 0.3) is 0 Å². The van der Waals surface area contributed by atoms with Crippen LogP contribution in [0.25, 0.3) is 0 Å². The van der Waals surface area contributed by atoms with E-state index >= 15 is 0 Å². The van der Waals surface area contributed by atoms with E-state index in [4.69, 9.17) is 0 Å². The zero-order valence-electron chi connectivity index (χ0n) is 9.71. The highest BCUT2D eigenvalue weighted by Gasteiger charge is 2.21. The van der Waals surface area contributed by atoms with Crippen molar-refractivity contribution < 1.29 is 0 Å². The van der Waals surface area contributed by atoms with Gasteiger partial charge in [-0.05, 0) is 12.3 Å². The SMILES string of the molecule is CC(C)CCCC1NCCc2[nH]cnc21. The molecule has 84 valence electrons. The van der Waals surface area contributed by atoms with Crippen molar-refractivity contribution in [2.24, 2.45) is 5.92 Å². The van der Waals surface area contributed by atoms with E-state index in [1.54, 1.807) is 0 Å². The van der Waals surface area contributed by atoms with Gasteiger partial charge in [-0.1, -0.05) is 26.7 Å². The van der Waals surface area contributed by atoms with E-state index in [1.807, 2.05) is 6.33 Å². The largest absolute Gasteiger partial charge is 0.348 e. The lowest BCUT2D eigenvalue weighted by molar-refractivity contribution is 0.425. The molecule has 0 fully saturated rings. The fraction of sp³-hybridized carbons (Fsp3) is 0.750. The average molecular weight is 207 g/mol. The van der Waals surface area contributed by atoms with Crippen LogP contribution in [-0.4, -0.2) is 16.5 Å². The Kier molecular flexibility index (Phi) is 3.41. The van der Waals surface area contributed by atoms with Crippen molar-refractivity contribution in [3.63, 3.8) is 0 Å². The minimum atomic E-state index is 0.485. The number of hydrogen-bond donors (Lipinski definition) is 2. The van der Waals surface area contributed by atoms with Gasteiger partial charge < -0.3 is 10.3 Å². The van der Waals surface area contributed by atoms with Gasteiger partial charge in [0.05, 0.1) is 18.1 Å². The van der Waals surface area contributed by atoms with E-state index in [1.165, 1.54) is 30.7 Å². The smallest absolute Gasteiger partial charge is 0.0925 e. The Bertz CT molecular complexity index is 304. The summed E-state index contributed by atoms with van der Waals surface area (Å²) in [5.74, 6) is 0.812. The fourth-order valence-corrected chi connectivity index (χ4v) is 2.27. The Balaban J connectivity index is 1.89. The van der Waals surface area contributed by atoms with Crippen molar-refractivity contribution in [1.29, 1.82) is 0 Å². The van der Waals surface area contributed by atoms with Crippen LogP contribution in [0.4, 0.5) is 0 Å². The second-order valence-electron chi connectivity index (χ2n) is 4.85. The maximum Gasteiger partial charge on any atom is 0.0925 e. The summed E-state index contributed by atoms with van der Waals surface area (Å²) in [6.07, 6.45) is 6.75. The lowest BCUT2D eigenvalue weighted by Gasteiger charge is -2.23. The van der Waals surface area contributed by atoms with E-state index in [0.717, 1.165) is 18.9 Å². The number of H-pyrrole nitrogens is 1. The number of aromatic nitrogens is 2. The molecule has 3 heteroatoms. The number of nitrogens with zero attached hydrogens (tertiary/aromatic N) is 1. The summed E-state index contributed by atoms with van der Waals surface area (Å²) in [5, 5.41) is 3.55. The summed E-state index contributed by atoms with van der Waals surface area (Å²) < 4.78 is 0. The summed E-state index contributed by atoms with van der Waals surface area (Å²) >= 11 is 0. The number of hydrogen-bond acceptors (Lipinski definition) is 2. The van der Waals surface area contributed by atoms with E-state index < -0.39 is 0 Å². The minimum absolute atomic E-state index is 0.485. The van der Waals surface area contributed by atoms with E-state index in [-0.39, 0.29) is 0 Å². The zero-order valence-corrected chi connectivity index (χ0v) is 9.71. The highest BCUT2D eigenvalue weighted by atomic mass is 15.0. The molecule has 0 bridgehead atoms. The molecular weight excluding hydrogens is 186 g/mol. The van der Waals surface area contributed by atoms with Gasteiger partial charge in [-0.15, -0.1) is 0 Å². The summed E-state index contributed by atoms with van der Waals surface area (Å²) in [4.78, 5) is 7.65. The van der Waals surface area contributed by atoms with E-state index in [9.17, 15) is 0 Å². The van der Waals surface area contributed by atoms with Gasteiger partial charge in [0.1, 0.15) is 0 Å². The molecule has 0 saturated carbocycles. The number of rotatable bonds is 4. The molecule has 0 radical (unpaired) electrons. The molecule has 0 aliphatic carbocycles. The molecule has 2 N–H and O–H groups in total. The topological polar surface area (TPSA) is 40.7 Å². The van der Waals surface area contributed by atoms with Gasteiger partial charge in [-0.25, -0.2) is 4.98 Å². The Labute approximate surface area is 91.7 Å². The van der Waals surface area contributed by atoms with Crippen molar-refractivity contribution in [3.8, 4) is 0 Å². The van der Waals surface area contributed by atoms with E-state index in [2.05, 4.69) is 29.1 Å². The van der Waals surface area contributed by atoms with Crippen LogP contribution in [0.5, 0.6) is 0 Å². The summed E-state index contributed by atoms with van der Waals surface area (Å²) in [6, 6.07) is 0.485. The molecule has 0 amide bonds. The lowest BCUT2D eigenvalue weighted by Crippen LogP contribution is -2.29. The maximum atomic E-state index is 4.42. The van der Waals surface area contributed by atoms with Crippen LogP contribution in [0.15, 0.2) is 6.33 Å². The summed E-state index contributed by atoms with van der Waals surface area (Å²) in [5.41, 5.74) is 2.59. The first kappa shape index (κ1) is 10.7. The number of imidazole rings is 1. The highest BCUT2D eigenvalue weighted by Crippen LogP contribution is 2.24. The molecule has 1 unspecified atom stereocenters. The molecule has 15 heavy (non-hydrogen) atoms. The molecule has 2 heterocycles. The minimum Gasteiger partial charge on any atom is -0.348 e. The normalized spacial score (nSPS) is 20.6. The van der Waals surface area contributed by atoms with Gasteiger partial charge in [0, 0.05) is 18.7 Å². The van der Waals surface area contributed by atoms with Gasteiger partial charge in [0.2, 0.25) is 0 Å². The van der Waals surface area contributed by atoms with Crippen LogP contribution >= 0.6 is 0 Å². The Morgan fingerprint density at radius 3 is 3.20 bits per heavy atom. The van der Waals surface area contributed by atoms with Crippen molar-refractivity contribution in [3.05, 3.63) is 17.7 Å². The van der Waals surface area contributed by atoms with Crippen LogP contribution in [0.3, 0.4) is 0 Å². The quantitative estimate of drug-likeness (QED) is 0.796. The van der Waals surface area contributed by atoms with Gasteiger partial charge in [-0.2, -0.15) is 0 Å². The molecule has 1 aliphatic heterocycles. The first-order valence-electron chi connectivity index (χ1n) is 6.03. The number of aromatic amines is 1. The third kappa shape index (κ3) is 2.59. The Hall–Kier alpha value is -0.830. The summed E-state index contributed by atoms with van der Waals surface area (Å²) in [7, 11) is 0. The first-order valence-corrected chi connectivity index (χ1v) is 6.03. The molecule has 1 atom stereocenters. The van der Waals surface area contributed by atoms with Crippen LogP contribution in [0.2, 0.25) is 0 Å². The van der Waals surface area contributed by atoms with E-state index in [0.29, 0.717) is 6.04 Å². The molecule has 2 rings (SSSR count). The maximum absolute atomic E-state index is 4.42. The van der Waals surface area contributed by atoms with Crippen LogP contribution < -0.4 is 5.32 Å². The second-order valence-corrected chi connectivity index (χ2v) is 4.85. The molecule has 0 aromatic carbocycles. The molecule has 0 saturated heterocycles. The standard InChI is InChI=1S/C12H21N3/c1-9(2)4-3-5-10-12-11(6-7-13-10)14-8-15-12/h8-10,13H,3-7H2,1-2H3,(H,14,15). The zero-order chi connectivity index (χ0) is 10.7. The number of nitrogens with one attached hydrogen (secondary N) is 2. The summed E-state index contributed by atoms with van der Waals surface area (Å²) in [6.45, 7) is 5.66. The molecule has 1 aromatic heterocycles. The molecule has 3 nitrogen and oxygen atoms in total. The fourth-order valence-electron chi connectivity index (χ4n) is 2.27. The second kappa shape index (κ2) is 4.79.